The molecule has 1 N–H and O–H groups in total. The minimum atomic E-state index is -0.812. The summed E-state index contributed by atoms with van der Waals surface area (Å²) in [6, 6.07) is 0. The normalized spacial score (nSPS) is 39.0. The Labute approximate surface area is 123 Å². The van der Waals surface area contributed by atoms with Gasteiger partial charge in [0.15, 0.2) is 0 Å². The van der Waals surface area contributed by atoms with E-state index in [2.05, 4.69) is 0 Å². The molecule has 3 saturated carbocycles. The Balaban J connectivity index is 1.74. The number of hydrogen-bond donors (Lipinski definition) is 1. The molecule has 3 bridgehead atoms. The number of aromatic nitrogens is 1. The molecule has 1 heterocycles. The molecular formula is C16H21NO2S. The molecule has 0 spiro atoms. The SMILES string of the molecule is Cc1nc(C23CC4CCCC(C2)C(C4)C3)sc1C(=O)O. The molecule has 3 aliphatic rings. The zero-order chi connectivity index (χ0) is 13.9. The first-order valence-electron chi connectivity index (χ1n) is 7.78. The van der Waals surface area contributed by atoms with Gasteiger partial charge in [0.1, 0.15) is 4.88 Å². The summed E-state index contributed by atoms with van der Waals surface area (Å²) >= 11 is 1.45. The molecule has 4 rings (SSSR count). The maximum absolute atomic E-state index is 11.3. The van der Waals surface area contributed by atoms with Crippen molar-refractivity contribution in [1.29, 1.82) is 0 Å². The Morgan fingerprint density at radius 3 is 2.85 bits per heavy atom. The van der Waals surface area contributed by atoms with Crippen LogP contribution in [-0.4, -0.2) is 16.1 Å². The monoisotopic (exact) mass is 291 g/mol. The number of carbonyl (C=O) groups is 1. The fraction of sp³-hybridized carbons (Fsp3) is 0.750. The second-order valence-electron chi connectivity index (χ2n) is 7.18. The summed E-state index contributed by atoms with van der Waals surface area (Å²) in [4.78, 5) is 16.4. The highest BCUT2D eigenvalue weighted by Gasteiger charge is 2.53. The maximum atomic E-state index is 11.3. The van der Waals surface area contributed by atoms with Gasteiger partial charge >= 0.3 is 5.97 Å². The van der Waals surface area contributed by atoms with Crippen LogP contribution in [0, 0.1) is 24.7 Å². The van der Waals surface area contributed by atoms with Gasteiger partial charge in [-0.2, -0.15) is 0 Å². The summed E-state index contributed by atoms with van der Waals surface area (Å²) < 4.78 is 0. The predicted molar refractivity (Wildman–Crippen MR) is 78.3 cm³/mol. The number of aryl methyl sites for hydroxylation is 1. The lowest BCUT2D eigenvalue weighted by Crippen LogP contribution is -2.30. The van der Waals surface area contributed by atoms with Crippen LogP contribution in [0.2, 0.25) is 0 Å². The molecule has 20 heavy (non-hydrogen) atoms. The summed E-state index contributed by atoms with van der Waals surface area (Å²) in [6.45, 7) is 1.84. The maximum Gasteiger partial charge on any atom is 0.347 e. The first-order chi connectivity index (χ1) is 9.57. The fourth-order valence-corrected chi connectivity index (χ4v) is 6.36. The molecule has 3 fully saturated rings. The topological polar surface area (TPSA) is 50.2 Å². The predicted octanol–water partition coefficient (Wildman–Crippen LogP) is 4.01. The van der Waals surface area contributed by atoms with E-state index in [1.54, 1.807) is 0 Å². The van der Waals surface area contributed by atoms with Gasteiger partial charge in [-0.1, -0.05) is 19.3 Å². The van der Waals surface area contributed by atoms with Crippen LogP contribution in [0.15, 0.2) is 0 Å². The molecule has 4 atom stereocenters. The van der Waals surface area contributed by atoms with Crippen LogP contribution in [0.5, 0.6) is 0 Å². The first-order valence-corrected chi connectivity index (χ1v) is 8.60. The Bertz CT molecular complexity index is 563. The third-order valence-electron chi connectivity index (χ3n) is 5.92. The van der Waals surface area contributed by atoms with Crippen molar-refractivity contribution in [2.24, 2.45) is 17.8 Å². The Morgan fingerprint density at radius 2 is 2.10 bits per heavy atom. The molecular weight excluding hydrogens is 270 g/mol. The van der Waals surface area contributed by atoms with Gasteiger partial charge in [0.2, 0.25) is 0 Å². The number of carboxylic acid groups (broad SMARTS) is 1. The minimum Gasteiger partial charge on any atom is -0.477 e. The van der Waals surface area contributed by atoms with Gasteiger partial charge < -0.3 is 5.11 Å². The van der Waals surface area contributed by atoms with Crippen LogP contribution in [0.1, 0.15) is 65.3 Å². The third kappa shape index (κ3) is 1.77. The zero-order valence-corrected chi connectivity index (χ0v) is 12.7. The summed E-state index contributed by atoms with van der Waals surface area (Å²) in [5.74, 6) is 1.81. The van der Waals surface area contributed by atoms with Crippen molar-refractivity contribution >= 4 is 17.3 Å². The molecule has 0 aliphatic heterocycles. The average molecular weight is 291 g/mol. The van der Waals surface area contributed by atoms with Crippen molar-refractivity contribution in [1.82, 2.24) is 4.98 Å². The van der Waals surface area contributed by atoms with Crippen LogP contribution in [0.3, 0.4) is 0 Å². The lowest BCUT2D eigenvalue weighted by Gasteiger charge is -2.36. The van der Waals surface area contributed by atoms with Gasteiger partial charge in [0, 0.05) is 5.41 Å². The van der Waals surface area contributed by atoms with Crippen molar-refractivity contribution in [2.45, 2.75) is 57.3 Å². The highest BCUT2D eigenvalue weighted by molar-refractivity contribution is 7.13. The molecule has 1 aromatic rings. The molecule has 0 amide bonds. The second kappa shape index (κ2) is 4.30. The number of hydrogen-bond acceptors (Lipinski definition) is 3. The lowest BCUT2D eigenvalue weighted by atomic mass is 9.70. The zero-order valence-electron chi connectivity index (χ0n) is 11.9. The molecule has 108 valence electrons. The summed E-state index contributed by atoms with van der Waals surface area (Å²) in [5, 5.41) is 10.4. The second-order valence-corrected chi connectivity index (χ2v) is 8.18. The largest absolute Gasteiger partial charge is 0.477 e. The molecule has 0 radical (unpaired) electrons. The van der Waals surface area contributed by atoms with E-state index >= 15 is 0 Å². The number of nitrogens with zero attached hydrogens (tertiary/aromatic N) is 1. The smallest absolute Gasteiger partial charge is 0.347 e. The van der Waals surface area contributed by atoms with Crippen molar-refractivity contribution < 1.29 is 9.90 Å². The van der Waals surface area contributed by atoms with E-state index in [9.17, 15) is 9.90 Å². The van der Waals surface area contributed by atoms with E-state index in [4.69, 9.17) is 4.98 Å². The highest BCUT2D eigenvalue weighted by Crippen LogP contribution is 2.61. The Morgan fingerprint density at radius 1 is 1.30 bits per heavy atom. The van der Waals surface area contributed by atoms with Crippen LogP contribution >= 0.6 is 11.3 Å². The quantitative estimate of drug-likeness (QED) is 0.895. The van der Waals surface area contributed by atoms with Gasteiger partial charge in [-0.3, -0.25) is 0 Å². The van der Waals surface area contributed by atoms with Gasteiger partial charge in [0.05, 0.1) is 10.7 Å². The van der Waals surface area contributed by atoms with Crippen LogP contribution in [0.4, 0.5) is 0 Å². The molecule has 3 aliphatic carbocycles. The summed E-state index contributed by atoms with van der Waals surface area (Å²) in [7, 11) is 0. The standard InChI is InChI=1S/C16H21NO2S/c1-9-13(14(18)19)20-15(17-9)16-6-10-3-2-4-11(7-16)12(5-10)8-16/h10-12H,2-8H2,1H3,(H,18,19). The average Bonchev–Trinajstić information content (AvgIpc) is 2.85. The molecule has 0 aromatic carbocycles. The van der Waals surface area contributed by atoms with Crippen LogP contribution in [-0.2, 0) is 5.41 Å². The lowest BCUT2D eigenvalue weighted by molar-refractivity contribution is 0.0701. The fourth-order valence-electron chi connectivity index (χ4n) is 5.24. The third-order valence-corrected chi connectivity index (χ3v) is 7.31. The number of carboxylic acids is 1. The van der Waals surface area contributed by atoms with E-state index in [0.717, 1.165) is 22.8 Å². The van der Waals surface area contributed by atoms with Crippen molar-refractivity contribution in [2.75, 3.05) is 0 Å². The van der Waals surface area contributed by atoms with Crippen molar-refractivity contribution in [3.05, 3.63) is 15.6 Å². The molecule has 3 nitrogen and oxygen atoms in total. The van der Waals surface area contributed by atoms with Gasteiger partial charge in [0.25, 0.3) is 0 Å². The van der Waals surface area contributed by atoms with E-state index in [1.165, 1.54) is 56.3 Å². The number of thiazole rings is 1. The van der Waals surface area contributed by atoms with Gasteiger partial charge in [-0.15, -0.1) is 11.3 Å². The minimum absolute atomic E-state index is 0.224. The summed E-state index contributed by atoms with van der Waals surface area (Å²) in [5.41, 5.74) is 0.938. The van der Waals surface area contributed by atoms with Gasteiger partial charge in [-0.25, -0.2) is 9.78 Å². The molecule has 0 saturated heterocycles. The highest BCUT2D eigenvalue weighted by atomic mass is 32.1. The van der Waals surface area contributed by atoms with E-state index < -0.39 is 5.97 Å². The van der Waals surface area contributed by atoms with Gasteiger partial charge in [-0.05, 0) is 50.4 Å². The summed E-state index contributed by atoms with van der Waals surface area (Å²) in [6.07, 6.45) is 9.37. The number of rotatable bonds is 2. The van der Waals surface area contributed by atoms with E-state index in [1.807, 2.05) is 6.92 Å². The van der Waals surface area contributed by atoms with Crippen molar-refractivity contribution in [3.63, 3.8) is 0 Å². The van der Waals surface area contributed by atoms with Crippen molar-refractivity contribution in [3.8, 4) is 0 Å². The van der Waals surface area contributed by atoms with Crippen LogP contribution < -0.4 is 0 Å². The number of aromatic carboxylic acids is 1. The molecule has 4 heteroatoms. The molecule has 1 aromatic heterocycles. The van der Waals surface area contributed by atoms with E-state index in [-0.39, 0.29) is 5.41 Å². The first kappa shape index (κ1) is 12.8. The number of fused-ring (bicyclic) bond motifs is 2. The Hall–Kier alpha value is -0.900. The van der Waals surface area contributed by atoms with Crippen LogP contribution in [0.25, 0.3) is 0 Å². The van der Waals surface area contributed by atoms with E-state index in [0.29, 0.717) is 10.6 Å². The molecule has 4 unspecified atom stereocenters. The Kier molecular flexibility index (Phi) is 2.75.